The SMILES string of the molecule is CNCCCNC(=O)C1CCCN1C(=O)c1ccc2c(c1)OCO2. The van der Waals surface area contributed by atoms with E-state index in [4.69, 9.17) is 9.47 Å². The molecule has 3 rings (SSSR count). The van der Waals surface area contributed by atoms with Crippen LogP contribution in [0.15, 0.2) is 18.2 Å². The number of hydrogen-bond donors (Lipinski definition) is 2. The van der Waals surface area contributed by atoms with Crippen LogP contribution in [0.4, 0.5) is 0 Å². The Morgan fingerprint density at radius 2 is 2.08 bits per heavy atom. The summed E-state index contributed by atoms with van der Waals surface area (Å²) in [5, 5.41) is 5.96. The van der Waals surface area contributed by atoms with Crippen LogP contribution in [0.1, 0.15) is 29.6 Å². The zero-order valence-electron chi connectivity index (χ0n) is 13.8. The predicted molar refractivity (Wildman–Crippen MR) is 88.2 cm³/mol. The standard InChI is InChI=1S/C17H23N3O4/c1-18-7-3-8-19-16(21)13-4-2-9-20(13)17(22)12-5-6-14-15(10-12)24-11-23-14/h5-6,10,13,18H,2-4,7-9,11H2,1H3,(H,19,21). The molecular weight excluding hydrogens is 310 g/mol. The van der Waals surface area contributed by atoms with E-state index in [9.17, 15) is 9.59 Å². The Labute approximate surface area is 141 Å². The van der Waals surface area contributed by atoms with E-state index < -0.39 is 6.04 Å². The summed E-state index contributed by atoms with van der Waals surface area (Å²) < 4.78 is 10.6. The second-order valence-electron chi connectivity index (χ2n) is 5.97. The Hall–Kier alpha value is -2.28. The molecule has 2 aliphatic heterocycles. The molecule has 0 aliphatic carbocycles. The van der Waals surface area contributed by atoms with E-state index in [1.54, 1.807) is 23.1 Å². The molecule has 1 fully saturated rings. The Balaban J connectivity index is 1.64. The molecule has 24 heavy (non-hydrogen) atoms. The third kappa shape index (κ3) is 3.46. The molecule has 0 spiro atoms. The van der Waals surface area contributed by atoms with Crippen molar-refractivity contribution < 1.29 is 19.1 Å². The molecule has 0 bridgehead atoms. The Bertz CT molecular complexity index is 620. The van der Waals surface area contributed by atoms with Crippen molar-refractivity contribution in [2.24, 2.45) is 0 Å². The van der Waals surface area contributed by atoms with Gasteiger partial charge in [-0.3, -0.25) is 9.59 Å². The molecule has 7 nitrogen and oxygen atoms in total. The van der Waals surface area contributed by atoms with Crippen molar-refractivity contribution in [3.63, 3.8) is 0 Å². The first kappa shape index (κ1) is 16.6. The quantitative estimate of drug-likeness (QED) is 0.751. The summed E-state index contributed by atoms with van der Waals surface area (Å²) >= 11 is 0. The number of rotatable bonds is 6. The molecular formula is C17H23N3O4. The van der Waals surface area contributed by atoms with Gasteiger partial charge in [0.25, 0.3) is 5.91 Å². The number of nitrogens with zero attached hydrogens (tertiary/aromatic N) is 1. The molecule has 0 radical (unpaired) electrons. The highest BCUT2D eigenvalue weighted by molar-refractivity contribution is 5.98. The number of nitrogens with one attached hydrogen (secondary N) is 2. The second-order valence-corrected chi connectivity index (χ2v) is 5.97. The minimum absolute atomic E-state index is 0.0716. The summed E-state index contributed by atoms with van der Waals surface area (Å²) in [5.74, 6) is 1.01. The van der Waals surface area contributed by atoms with Crippen molar-refractivity contribution in [1.29, 1.82) is 0 Å². The molecule has 2 amide bonds. The van der Waals surface area contributed by atoms with Gasteiger partial charge in [-0.2, -0.15) is 0 Å². The number of benzene rings is 1. The van der Waals surface area contributed by atoms with E-state index in [0.717, 1.165) is 19.4 Å². The molecule has 7 heteroatoms. The van der Waals surface area contributed by atoms with Crippen LogP contribution < -0.4 is 20.1 Å². The highest BCUT2D eigenvalue weighted by Gasteiger charge is 2.34. The Morgan fingerprint density at radius 1 is 1.25 bits per heavy atom. The largest absolute Gasteiger partial charge is 0.454 e. The average Bonchev–Trinajstić information content (AvgIpc) is 3.25. The number of likely N-dealkylation sites (tertiary alicyclic amines) is 1. The highest BCUT2D eigenvalue weighted by Crippen LogP contribution is 2.33. The molecule has 2 aliphatic rings. The van der Waals surface area contributed by atoms with Gasteiger partial charge in [-0.25, -0.2) is 0 Å². The van der Waals surface area contributed by atoms with Gasteiger partial charge >= 0.3 is 0 Å². The fraction of sp³-hybridized carbons (Fsp3) is 0.529. The third-order valence-corrected chi connectivity index (χ3v) is 4.34. The maximum absolute atomic E-state index is 12.8. The van der Waals surface area contributed by atoms with Crippen LogP contribution in [-0.2, 0) is 4.79 Å². The predicted octanol–water partition coefficient (Wildman–Crippen LogP) is 0.746. The summed E-state index contributed by atoms with van der Waals surface area (Å²) in [4.78, 5) is 26.8. The number of carbonyl (C=O) groups excluding carboxylic acids is 2. The van der Waals surface area contributed by atoms with Gasteiger partial charge < -0.3 is 25.0 Å². The molecule has 0 saturated carbocycles. The smallest absolute Gasteiger partial charge is 0.254 e. The van der Waals surface area contributed by atoms with Crippen LogP contribution >= 0.6 is 0 Å². The Kier molecular flexibility index (Phi) is 5.20. The van der Waals surface area contributed by atoms with E-state index >= 15 is 0 Å². The zero-order chi connectivity index (χ0) is 16.9. The van der Waals surface area contributed by atoms with Gasteiger partial charge in [0.1, 0.15) is 6.04 Å². The maximum atomic E-state index is 12.8. The minimum Gasteiger partial charge on any atom is -0.454 e. The molecule has 2 N–H and O–H groups in total. The second kappa shape index (κ2) is 7.53. The van der Waals surface area contributed by atoms with E-state index in [1.807, 2.05) is 7.05 Å². The van der Waals surface area contributed by atoms with Crippen molar-refractivity contribution >= 4 is 11.8 Å². The van der Waals surface area contributed by atoms with Gasteiger partial charge in [0, 0.05) is 18.7 Å². The number of fused-ring (bicyclic) bond motifs is 1. The molecule has 1 unspecified atom stereocenters. The van der Waals surface area contributed by atoms with Crippen molar-refractivity contribution in [3.8, 4) is 11.5 Å². The lowest BCUT2D eigenvalue weighted by Gasteiger charge is -2.24. The van der Waals surface area contributed by atoms with Gasteiger partial charge in [0.15, 0.2) is 11.5 Å². The first-order chi connectivity index (χ1) is 11.7. The van der Waals surface area contributed by atoms with Crippen molar-refractivity contribution in [2.45, 2.75) is 25.3 Å². The van der Waals surface area contributed by atoms with Crippen LogP contribution in [0.25, 0.3) is 0 Å². The van der Waals surface area contributed by atoms with Crippen molar-refractivity contribution in [3.05, 3.63) is 23.8 Å². The topological polar surface area (TPSA) is 79.9 Å². The lowest BCUT2D eigenvalue weighted by atomic mass is 10.1. The molecule has 1 atom stereocenters. The van der Waals surface area contributed by atoms with Crippen LogP contribution in [0, 0.1) is 0 Å². The average molecular weight is 333 g/mol. The maximum Gasteiger partial charge on any atom is 0.254 e. The van der Waals surface area contributed by atoms with Crippen LogP contribution in [-0.4, -0.2) is 56.2 Å². The summed E-state index contributed by atoms with van der Waals surface area (Å²) in [6.45, 7) is 2.24. The summed E-state index contributed by atoms with van der Waals surface area (Å²) in [7, 11) is 1.88. The molecule has 1 saturated heterocycles. The van der Waals surface area contributed by atoms with Crippen LogP contribution in [0.2, 0.25) is 0 Å². The summed E-state index contributed by atoms with van der Waals surface area (Å²) in [5.41, 5.74) is 0.522. The fourth-order valence-electron chi connectivity index (χ4n) is 3.07. The van der Waals surface area contributed by atoms with Gasteiger partial charge in [-0.15, -0.1) is 0 Å². The fourth-order valence-corrected chi connectivity index (χ4v) is 3.07. The van der Waals surface area contributed by atoms with Gasteiger partial charge in [0.2, 0.25) is 12.7 Å². The van der Waals surface area contributed by atoms with Crippen LogP contribution in [0.5, 0.6) is 11.5 Å². The van der Waals surface area contributed by atoms with E-state index in [1.165, 1.54) is 0 Å². The zero-order valence-corrected chi connectivity index (χ0v) is 13.8. The third-order valence-electron chi connectivity index (χ3n) is 4.34. The summed E-state index contributed by atoms with van der Waals surface area (Å²) in [6, 6.07) is 4.75. The Morgan fingerprint density at radius 3 is 2.92 bits per heavy atom. The first-order valence-electron chi connectivity index (χ1n) is 8.33. The number of hydrogen-bond acceptors (Lipinski definition) is 5. The molecule has 0 aromatic heterocycles. The summed E-state index contributed by atoms with van der Waals surface area (Å²) in [6.07, 6.45) is 2.41. The normalized spacial score (nSPS) is 18.7. The number of carbonyl (C=O) groups is 2. The molecule has 2 heterocycles. The number of ether oxygens (including phenoxy) is 2. The molecule has 1 aromatic rings. The molecule has 1 aromatic carbocycles. The van der Waals surface area contributed by atoms with Crippen molar-refractivity contribution in [2.75, 3.05) is 33.5 Å². The van der Waals surface area contributed by atoms with Crippen molar-refractivity contribution in [1.82, 2.24) is 15.5 Å². The molecule has 130 valence electrons. The minimum atomic E-state index is -0.391. The highest BCUT2D eigenvalue weighted by atomic mass is 16.7. The van der Waals surface area contributed by atoms with E-state index in [2.05, 4.69) is 10.6 Å². The van der Waals surface area contributed by atoms with E-state index in [-0.39, 0.29) is 18.6 Å². The van der Waals surface area contributed by atoms with E-state index in [0.29, 0.717) is 36.6 Å². The van der Waals surface area contributed by atoms with Crippen LogP contribution in [0.3, 0.4) is 0 Å². The lowest BCUT2D eigenvalue weighted by Crippen LogP contribution is -2.46. The number of amides is 2. The monoisotopic (exact) mass is 333 g/mol. The lowest BCUT2D eigenvalue weighted by molar-refractivity contribution is -0.124. The van der Waals surface area contributed by atoms with Gasteiger partial charge in [0.05, 0.1) is 0 Å². The van der Waals surface area contributed by atoms with Gasteiger partial charge in [-0.1, -0.05) is 0 Å². The first-order valence-corrected chi connectivity index (χ1v) is 8.33. The van der Waals surface area contributed by atoms with Gasteiger partial charge in [-0.05, 0) is 51.1 Å².